The fourth-order valence-electron chi connectivity index (χ4n) is 2.58. The molecule has 7 heteroatoms. The van der Waals surface area contributed by atoms with Gasteiger partial charge in [-0.15, -0.1) is 24.0 Å². The maximum Gasteiger partial charge on any atom is 0.195 e. The van der Waals surface area contributed by atoms with Crippen molar-refractivity contribution < 1.29 is 0 Å². The minimum absolute atomic E-state index is 0. The van der Waals surface area contributed by atoms with E-state index in [1.54, 1.807) is 0 Å². The van der Waals surface area contributed by atoms with Crippen molar-refractivity contribution in [2.45, 2.75) is 6.54 Å². The quantitative estimate of drug-likeness (QED) is 0.411. The van der Waals surface area contributed by atoms with E-state index in [0.717, 1.165) is 43.5 Å². The first kappa shape index (κ1) is 20.0. The fraction of sp³-hybridized carbons (Fsp3) is 0.625. The van der Waals surface area contributed by atoms with Crippen molar-refractivity contribution in [3.05, 3.63) is 23.9 Å². The Bertz CT molecular complexity index is 482. The monoisotopic (exact) mass is 432 g/mol. The Morgan fingerprint density at radius 1 is 1.09 bits per heavy atom. The van der Waals surface area contributed by atoms with Crippen LogP contribution >= 0.6 is 24.0 Å². The van der Waals surface area contributed by atoms with Gasteiger partial charge in [0.05, 0.1) is 6.54 Å². The van der Waals surface area contributed by atoms with Gasteiger partial charge in [-0.3, -0.25) is 0 Å². The Morgan fingerprint density at radius 2 is 1.70 bits per heavy atom. The van der Waals surface area contributed by atoms with Gasteiger partial charge in [-0.1, -0.05) is 6.07 Å². The van der Waals surface area contributed by atoms with Crippen LogP contribution in [0.15, 0.2) is 23.3 Å². The average molecular weight is 432 g/mol. The van der Waals surface area contributed by atoms with Crippen LogP contribution in [0.25, 0.3) is 0 Å². The van der Waals surface area contributed by atoms with Crippen LogP contribution in [-0.2, 0) is 6.54 Å². The highest BCUT2D eigenvalue weighted by molar-refractivity contribution is 14.0. The summed E-state index contributed by atoms with van der Waals surface area (Å²) in [4.78, 5) is 18.0. The first-order valence-electron chi connectivity index (χ1n) is 7.75. The van der Waals surface area contributed by atoms with Crippen molar-refractivity contribution in [2.24, 2.45) is 4.99 Å². The van der Waals surface area contributed by atoms with Gasteiger partial charge >= 0.3 is 0 Å². The van der Waals surface area contributed by atoms with Crippen LogP contribution in [0.1, 0.15) is 5.56 Å². The number of guanidine groups is 1. The molecule has 1 fully saturated rings. The number of pyridine rings is 1. The molecule has 1 saturated heterocycles. The van der Waals surface area contributed by atoms with Crippen LogP contribution in [-0.4, -0.2) is 87.1 Å². The summed E-state index contributed by atoms with van der Waals surface area (Å²) < 4.78 is 0. The first-order chi connectivity index (χ1) is 10.5. The van der Waals surface area contributed by atoms with E-state index < -0.39 is 0 Å². The van der Waals surface area contributed by atoms with E-state index in [2.05, 4.69) is 39.0 Å². The van der Waals surface area contributed by atoms with Gasteiger partial charge in [-0.2, -0.15) is 0 Å². The molecule has 0 spiro atoms. The smallest absolute Gasteiger partial charge is 0.195 e. The molecule has 0 atom stereocenters. The molecule has 0 saturated carbocycles. The van der Waals surface area contributed by atoms with Gasteiger partial charge in [-0.25, -0.2) is 9.98 Å². The summed E-state index contributed by atoms with van der Waals surface area (Å²) >= 11 is 0. The second kappa shape index (κ2) is 9.27. The summed E-state index contributed by atoms with van der Waals surface area (Å²) in [7, 11) is 10.2. The SMILES string of the molecule is CN1CCN(c2ccc(CN=C(N(C)C)N(C)C)cn2)CC1.I. The second-order valence-corrected chi connectivity index (χ2v) is 6.22. The lowest BCUT2D eigenvalue weighted by Crippen LogP contribution is -2.44. The largest absolute Gasteiger partial charge is 0.354 e. The number of hydrogen-bond acceptors (Lipinski definition) is 4. The Balaban J connectivity index is 0.00000264. The lowest BCUT2D eigenvalue weighted by Gasteiger charge is -2.33. The van der Waals surface area contributed by atoms with Gasteiger partial charge in [0.1, 0.15) is 5.82 Å². The molecule has 0 aliphatic carbocycles. The molecule has 23 heavy (non-hydrogen) atoms. The molecule has 1 aliphatic rings. The summed E-state index contributed by atoms with van der Waals surface area (Å²) in [5.41, 5.74) is 1.14. The molecule has 2 heterocycles. The van der Waals surface area contributed by atoms with Crippen LogP contribution in [0, 0.1) is 0 Å². The number of aromatic nitrogens is 1. The van der Waals surface area contributed by atoms with E-state index in [4.69, 9.17) is 0 Å². The van der Waals surface area contributed by atoms with E-state index >= 15 is 0 Å². The maximum absolute atomic E-state index is 4.65. The molecular weight excluding hydrogens is 403 g/mol. The number of halogens is 1. The highest BCUT2D eigenvalue weighted by Crippen LogP contribution is 2.14. The van der Waals surface area contributed by atoms with E-state index in [1.165, 1.54) is 0 Å². The molecule has 0 unspecified atom stereocenters. The third-order valence-corrected chi connectivity index (χ3v) is 3.84. The number of rotatable bonds is 3. The fourth-order valence-corrected chi connectivity index (χ4v) is 2.58. The lowest BCUT2D eigenvalue weighted by atomic mass is 10.2. The molecule has 1 aromatic heterocycles. The highest BCUT2D eigenvalue weighted by atomic mass is 127. The van der Waals surface area contributed by atoms with Crippen molar-refractivity contribution >= 4 is 35.8 Å². The molecule has 2 rings (SSSR count). The van der Waals surface area contributed by atoms with Crippen molar-refractivity contribution in [1.82, 2.24) is 19.7 Å². The third kappa shape index (κ3) is 5.80. The Hall–Kier alpha value is -1.09. The van der Waals surface area contributed by atoms with Crippen molar-refractivity contribution in [3.63, 3.8) is 0 Å². The van der Waals surface area contributed by atoms with Crippen LogP contribution in [0.4, 0.5) is 5.82 Å². The molecule has 0 bridgehead atoms. The van der Waals surface area contributed by atoms with Gasteiger partial charge in [0, 0.05) is 60.6 Å². The zero-order valence-corrected chi connectivity index (χ0v) is 17.2. The molecule has 1 aromatic rings. The molecule has 130 valence electrons. The molecule has 0 aromatic carbocycles. The first-order valence-corrected chi connectivity index (χ1v) is 7.75. The van der Waals surface area contributed by atoms with Crippen molar-refractivity contribution in [3.8, 4) is 0 Å². The topological polar surface area (TPSA) is 38.2 Å². The van der Waals surface area contributed by atoms with Crippen molar-refractivity contribution in [2.75, 3.05) is 66.3 Å². The second-order valence-electron chi connectivity index (χ2n) is 6.22. The summed E-state index contributed by atoms with van der Waals surface area (Å²) in [6.07, 6.45) is 1.94. The minimum Gasteiger partial charge on any atom is -0.354 e. The highest BCUT2D eigenvalue weighted by Gasteiger charge is 2.14. The standard InChI is InChI=1S/C16H28N6.HI/c1-19(2)16(20(3)4)18-13-14-6-7-15(17-12-14)22-10-8-21(5)9-11-22;/h6-7,12H,8-11,13H2,1-5H3;1H. The van der Waals surface area contributed by atoms with Crippen molar-refractivity contribution in [1.29, 1.82) is 0 Å². The van der Waals surface area contributed by atoms with E-state index in [1.807, 2.05) is 44.2 Å². The van der Waals surface area contributed by atoms with Gasteiger partial charge in [0.25, 0.3) is 0 Å². The lowest BCUT2D eigenvalue weighted by molar-refractivity contribution is 0.312. The molecule has 0 radical (unpaired) electrons. The predicted molar refractivity (Wildman–Crippen MR) is 108 cm³/mol. The van der Waals surface area contributed by atoms with Gasteiger partial charge in [0.15, 0.2) is 5.96 Å². The number of nitrogens with zero attached hydrogens (tertiary/aromatic N) is 6. The number of aliphatic imine (C=N–C) groups is 1. The Labute approximate surface area is 157 Å². The van der Waals surface area contributed by atoms with Crippen LogP contribution in [0.5, 0.6) is 0 Å². The number of piperazine rings is 1. The molecule has 0 N–H and O–H groups in total. The van der Waals surface area contributed by atoms with E-state index in [-0.39, 0.29) is 24.0 Å². The molecule has 1 aliphatic heterocycles. The third-order valence-electron chi connectivity index (χ3n) is 3.84. The number of anilines is 1. The maximum atomic E-state index is 4.65. The number of likely N-dealkylation sites (N-methyl/N-ethyl adjacent to an activating group) is 1. The molecule has 0 amide bonds. The van der Waals surface area contributed by atoms with Gasteiger partial charge in [0.2, 0.25) is 0 Å². The summed E-state index contributed by atoms with van der Waals surface area (Å²) in [5.74, 6) is 2.03. The van der Waals surface area contributed by atoms with Gasteiger partial charge in [-0.05, 0) is 18.7 Å². The minimum atomic E-state index is 0. The predicted octanol–water partition coefficient (Wildman–Crippen LogP) is 1.43. The van der Waals surface area contributed by atoms with Crippen LogP contribution < -0.4 is 4.90 Å². The molecular formula is C16H29IN6. The van der Waals surface area contributed by atoms with Crippen LogP contribution in [0.3, 0.4) is 0 Å². The normalized spacial score (nSPS) is 14.9. The summed E-state index contributed by atoms with van der Waals surface area (Å²) in [6, 6.07) is 4.24. The summed E-state index contributed by atoms with van der Waals surface area (Å²) in [6.45, 7) is 4.95. The molecule has 6 nitrogen and oxygen atoms in total. The van der Waals surface area contributed by atoms with Crippen LogP contribution in [0.2, 0.25) is 0 Å². The summed E-state index contributed by atoms with van der Waals surface area (Å²) in [5, 5.41) is 0. The van der Waals surface area contributed by atoms with E-state index in [0.29, 0.717) is 6.54 Å². The zero-order valence-electron chi connectivity index (χ0n) is 14.9. The Kier molecular flexibility index (Phi) is 8.04. The van der Waals surface area contributed by atoms with Gasteiger partial charge < -0.3 is 19.6 Å². The van der Waals surface area contributed by atoms with E-state index in [9.17, 15) is 0 Å². The average Bonchev–Trinajstić information content (AvgIpc) is 2.48. The zero-order chi connectivity index (χ0) is 16.1. The Morgan fingerprint density at radius 3 is 2.17 bits per heavy atom. The number of hydrogen-bond donors (Lipinski definition) is 0.